The standard InChI is InChI=1S/C13H15FN2O2/c1-8-5-11(18-16-8)7-17-10-3-4-12(9(2)15)13(14)6-10/h3-6,9H,7,15H2,1-2H3. The van der Waals surface area contributed by atoms with Gasteiger partial charge in [-0.25, -0.2) is 4.39 Å². The van der Waals surface area contributed by atoms with E-state index in [1.165, 1.54) is 6.07 Å². The van der Waals surface area contributed by atoms with Crippen LogP contribution >= 0.6 is 0 Å². The monoisotopic (exact) mass is 250 g/mol. The second-order valence-corrected chi connectivity index (χ2v) is 4.20. The van der Waals surface area contributed by atoms with Crippen molar-refractivity contribution in [2.45, 2.75) is 26.5 Å². The van der Waals surface area contributed by atoms with Crippen LogP contribution in [0.3, 0.4) is 0 Å². The molecule has 1 unspecified atom stereocenters. The summed E-state index contributed by atoms with van der Waals surface area (Å²) in [4.78, 5) is 0. The van der Waals surface area contributed by atoms with Crippen LogP contribution in [0.25, 0.3) is 0 Å². The zero-order chi connectivity index (χ0) is 13.1. The first-order valence-corrected chi connectivity index (χ1v) is 5.66. The third-order valence-electron chi connectivity index (χ3n) is 2.52. The van der Waals surface area contributed by atoms with E-state index in [1.807, 2.05) is 6.92 Å². The minimum atomic E-state index is -0.365. The molecule has 0 saturated carbocycles. The number of hydrogen-bond acceptors (Lipinski definition) is 4. The number of aromatic nitrogens is 1. The van der Waals surface area contributed by atoms with Gasteiger partial charge in [0.2, 0.25) is 0 Å². The highest BCUT2D eigenvalue weighted by Crippen LogP contribution is 2.21. The van der Waals surface area contributed by atoms with Crippen molar-refractivity contribution in [3.8, 4) is 5.75 Å². The van der Waals surface area contributed by atoms with Gasteiger partial charge in [0.15, 0.2) is 5.76 Å². The number of nitrogens with two attached hydrogens (primary N) is 1. The van der Waals surface area contributed by atoms with E-state index in [-0.39, 0.29) is 18.5 Å². The van der Waals surface area contributed by atoms with Gasteiger partial charge in [0.05, 0.1) is 5.69 Å². The maximum Gasteiger partial charge on any atom is 0.174 e. The highest BCUT2D eigenvalue weighted by molar-refractivity contribution is 5.30. The fraction of sp³-hybridized carbons (Fsp3) is 0.308. The lowest BCUT2D eigenvalue weighted by Crippen LogP contribution is -2.07. The summed E-state index contributed by atoms with van der Waals surface area (Å²) in [6, 6.07) is 6.07. The Morgan fingerprint density at radius 3 is 2.78 bits per heavy atom. The maximum atomic E-state index is 13.6. The summed E-state index contributed by atoms with van der Waals surface area (Å²) in [7, 11) is 0. The van der Waals surface area contributed by atoms with E-state index < -0.39 is 0 Å². The molecule has 1 aromatic heterocycles. The van der Waals surface area contributed by atoms with Crippen LogP contribution < -0.4 is 10.5 Å². The van der Waals surface area contributed by atoms with E-state index in [0.29, 0.717) is 17.1 Å². The summed E-state index contributed by atoms with van der Waals surface area (Å²) >= 11 is 0. The molecule has 0 saturated heterocycles. The summed E-state index contributed by atoms with van der Waals surface area (Å²) in [5.41, 5.74) is 6.88. The average Bonchev–Trinajstić information content (AvgIpc) is 2.72. The Hall–Kier alpha value is -1.88. The van der Waals surface area contributed by atoms with E-state index in [0.717, 1.165) is 5.69 Å². The number of hydrogen-bond donors (Lipinski definition) is 1. The summed E-state index contributed by atoms with van der Waals surface area (Å²) in [6.45, 7) is 3.78. The predicted molar refractivity (Wildman–Crippen MR) is 64.6 cm³/mol. The summed E-state index contributed by atoms with van der Waals surface area (Å²) < 4.78 is 24.0. The van der Waals surface area contributed by atoms with Crippen molar-refractivity contribution in [1.29, 1.82) is 0 Å². The molecule has 0 aliphatic carbocycles. The van der Waals surface area contributed by atoms with Crippen molar-refractivity contribution >= 4 is 0 Å². The van der Waals surface area contributed by atoms with Crippen LogP contribution in [0.15, 0.2) is 28.8 Å². The molecule has 2 aromatic rings. The van der Waals surface area contributed by atoms with Gasteiger partial charge in [-0.3, -0.25) is 0 Å². The second-order valence-electron chi connectivity index (χ2n) is 4.20. The van der Waals surface area contributed by atoms with Crippen LogP contribution in [0.5, 0.6) is 5.75 Å². The van der Waals surface area contributed by atoms with E-state index >= 15 is 0 Å². The third kappa shape index (κ3) is 2.87. The smallest absolute Gasteiger partial charge is 0.174 e. The Morgan fingerprint density at radius 1 is 1.44 bits per heavy atom. The van der Waals surface area contributed by atoms with Gasteiger partial charge in [-0.2, -0.15) is 0 Å². The molecule has 2 N–H and O–H groups in total. The minimum Gasteiger partial charge on any atom is -0.485 e. The molecule has 0 bridgehead atoms. The van der Waals surface area contributed by atoms with Crippen molar-refractivity contribution < 1.29 is 13.7 Å². The van der Waals surface area contributed by atoms with E-state index in [4.69, 9.17) is 15.0 Å². The molecule has 1 atom stereocenters. The Balaban J connectivity index is 2.04. The van der Waals surface area contributed by atoms with Crippen LogP contribution in [-0.4, -0.2) is 5.16 Å². The summed E-state index contributed by atoms with van der Waals surface area (Å²) in [5.74, 6) is 0.673. The molecule has 0 fully saturated rings. The molecular weight excluding hydrogens is 235 g/mol. The molecule has 5 heteroatoms. The van der Waals surface area contributed by atoms with Crippen molar-refractivity contribution in [1.82, 2.24) is 5.16 Å². The maximum absolute atomic E-state index is 13.6. The van der Waals surface area contributed by atoms with E-state index in [1.54, 1.807) is 25.1 Å². The Labute approximate surface area is 105 Å². The van der Waals surface area contributed by atoms with Crippen molar-refractivity contribution in [2.24, 2.45) is 5.73 Å². The molecule has 0 amide bonds. The lowest BCUT2D eigenvalue weighted by atomic mass is 10.1. The van der Waals surface area contributed by atoms with E-state index in [2.05, 4.69) is 5.16 Å². The number of nitrogens with zero attached hydrogens (tertiary/aromatic N) is 1. The molecular formula is C13H15FN2O2. The molecule has 1 aromatic carbocycles. The molecule has 0 aliphatic heterocycles. The van der Waals surface area contributed by atoms with Crippen molar-refractivity contribution in [2.75, 3.05) is 0 Å². The van der Waals surface area contributed by atoms with Crippen LogP contribution in [0, 0.1) is 12.7 Å². The number of rotatable bonds is 4. The first kappa shape index (κ1) is 12.6. The molecule has 0 aliphatic rings. The predicted octanol–water partition coefficient (Wildman–Crippen LogP) is 2.72. The van der Waals surface area contributed by atoms with Crippen LogP contribution in [0.2, 0.25) is 0 Å². The zero-order valence-electron chi connectivity index (χ0n) is 10.3. The lowest BCUT2D eigenvalue weighted by Gasteiger charge is -2.09. The van der Waals surface area contributed by atoms with Gasteiger partial charge in [-0.1, -0.05) is 11.2 Å². The van der Waals surface area contributed by atoms with Gasteiger partial charge in [0.1, 0.15) is 18.2 Å². The Kier molecular flexibility index (Phi) is 3.62. The van der Waals surface area contributed by atoms with Crippen molar-refractivity contribution in [3.05, 3.63) is 47.1 Å². The van der Waals surface area contributed by atoms with E-state index in [9.17, 15) is 4.39 Å². The lowest BCUT2D eigenvalue weighted by molar-refractivity contribution is 0.248. The minimum absolute atomic E-state index is 0.220. The number of aryl methyl sites for hydroxylation is 1. The van der Waals surface area contributed by atoms with Gasteiger partial charge in [-0.05, 0) is 19.9 Å². The van der Waals surface area contributed by atoms with Crippen molar-refractivity contribution in [3.63, 3.8) is 0 Å². The topological polar surface area (TPSA) is 61.3 Å². The summed E-state index contributed by atoms with van der Waals surface area (Å²) in [6.07, 6.45) is 0. The van der Waals surface area contributed by atoms with Gasteiger partial charge < -0.3 is 15.0 Å². The first-order chi connectivity index (χ1) is 8.56. The van der Waals surface area contributed by atoms with Crippen LogP contribution in [0.1, 0.15) is 30.0 Å². The number of benzene rings is 1. The van der Waals surface area contributed by atoms with Gasteiger partial charge in [-0.15, -0.1) is 0 Å². The molecule has 2 rings (SSSR count). The fourth-order valence-corrected chi connectivity index (χ4v) is 1.61. The Morgan fingerprint density at radius 2 is 2.22 bits per heavy atom. The number of halogens is 1. The highest BCUT2D eigenvalue weighted by atomic mass is 19.1. The second kappa shape index (κ2) is 5.18. The van der Waals surface area contributed by atoms with Crippen LogP contribution in [-0.2, 0) is 6.61 Å². The highest BCUT2D eigenvalue weighted by Gasteiger charge is 2.09. The summed E-state index contributed by atoms with van der Waals surface area (Å²) in [5, 5.41) is 3.74. The van der Waals surface area contributed by atoms with Crippen LogP contribution in [0.4, 0.5) is 4.39 Å². The Bertz CT molecular complexity index is 538. The molecule has 0 radical (unpaired) electrons. The molecule has 96 valence electrons. The number of ether oxygens (including phenoxy) is 1. The largest absolute Gasteiger partial charge is 0.485 e. The molecule has 0 spiro atoms. The SMILES string of the molecule is Cc1cc(COc2ccc(C(C)N)c(F)c2)on1. The zero-order valence-corrected chi connectivity index (χ0v) is 10.3. The quantitative estimate of drug-likeness (QED) is 0.906. The first-order valence-electron chi connectivity index (χ1n) is 5.66. The fourth-order valence-electron chi connectivity index (χ4n) is 1.61. The third-order valence-corrected chi connectivity index (χ3v) is 2.52. The molecule has 1 heterocycles. The van der Waals surface area contributed by atoms with Gasteiger partial charge in [0.25, 0.3) is 0 Å². The van der Waals surface area contributed by atoms with Gasteiger partial charge in [0, 0.05) is 23.7 Å². The normalized spacial score (nSPS) is 12.4. The average molecular weight is 250 g/mol. The molecule has 4 nitrogen and oxygen atoms in total. The molecule has 18 heavy (non-hydrogen) atoms. The van der Waals surface area contributed by atoms with Gasteiger partial charge >= 0.3 is 0 Å².